The largest absolute Gasteiger partial charge is 0.508 e. The molecule has 0 aromatic heterocycles. The molecule has 1 aromatic carbocycles. The third-order valence-electron chi connectivity index (χ3n) is 2.50. The van der Waals surface area contributed by atoms with Gasteiger partial charge in [-0.05, 0) is 30.2 Å². The molecule has 0 aliphatic carbocycles. The summed E-state index contributed by atoms with van der Waals surface area (Å²) < 4.78 is 4.97. The predicted octanol–water partition coefficient (Wildman–Crippen LogP) is 2.08. The smallest absolute Gasteiger partial charge is 0.414 e. The number of hydrogen-bond donors (Lipinski definition) is 1. The highest BCUT2D eigenvalue weighted by Crippen LogP contribution is 2.31. The Kier molecular flexibility index (Phi) is 2.81. The molecule has 4 heteroatoms. The lowest BCUT2D eigenvalue weighted by Gasteiger charge is -2.16. The van der Waals surface area contributed by atoms with Gasteiger partial charge < -0.3 is 9.84 Å². The van der Waals surface area contributed by atoms with Crippen LogP contribution in [0.3, 0.4) is 0 Å². The van der Waals surface area contributed by atoms with E-state index in [0.29, 0.717) is 6.54 Å². The zero-order valence-electron chi connectivity index (χ0n) is 8.85. The number of fused-ring (bicyclic) bond motifs is 1. The van der Waals surface area contributed by atoms with Crippen LogP contribution in [-0.4, -0.2) is 24.4 Å². The van der Waals surface area contributed by atoms with E-state index >= 15 is 0 Å². The molecule has 0 radical (unpaired) electrons. The molecule has 1 aliphatic rings. The molecule has 0 bridgehead atoms. The summed E-state index contributed by atoms with van der Waals surface area (Å²) in [6, 6.07) is 4.97. The number of ether oxygens (including phenoxy) is 1. The fraction of sp³-hybridized carbons (Fsp3) is 0.250. The van der Waals surface area contributed by atoms with E-state index in [9.17, 15) is 9.90 Å². The van der Waals surface area contributed by atoms with E-state index in [1.165, 1.54) is 6.08 Å². The fourth-order valence-electron chi connectivity index (χ4n) is 1.79. The Hall–Kier alpha value is -1.97. The molecule has 1 aliphatic heterocycles. The van der Waals surface area contributed by atoms with Crippen molar-refractivity contribution in [1.82, 2.24) is 0 Å². The SMILES string of the molecule is C=CCOC(=O)N1CCc2cc(O)ccc21. The lowest BCUT2D eigenvalue weighted by atomic mass is 10.1. The number of anilines is 1. The average molecular weight is 219 g/mol. The second-order valence-electron chi connectivity index (χ2n) is 3.58. The van der Waals surface area contributed by atoms with Gasteiger partial charge in [0.2, 0.25) is 0 Å². The minimum Gasteiger partial charge on any atom is -0.508 e. The number of amides is 1. The Balaban J connectivity index is 2.17. The van der Waals surface area contributed by atoms with E-state index in [-0.39, 0.29) is 18.4 Å². The molecule has 4 nitrogen and oxygen atoms in total. The Bertz CT molecular complexity index is 428. The van der Waals surface area contributed by atoms with Crippen molar-refractivity contribution in [2.24, 2.45) is 0 Å². The average Bonchev–Trinajstić information content (AvgIpc) is 2.68. The normalized spacial score (nSPS) is 13.4. The molecule has 0 saturated carbocycles. The Morgan fingerprint density at radius 2 is 2.44 bits per heavy atom. The Morgan fingerprint density at radius 1 is 1.62 bits per heavy atom. The number of carbonyl (C=O) groups is 1. The number of phenolic OH excluding ortho intramolecular Hbond substituents is 1. The van der Waals surface area contributed by atoms with Crippen molar-refractivity contribution in [3.8, 4) is 5.75 Å². The number of rotatable bonds is 2. The molecule has 0 unspecified atom stereocenters. The van der Waals surface area contributed by atoms with Crippen molar-refractivity contribution in [3.63, 3.8) is 0 Å². The van der Waals surface area contributed by atoms with Crippen LogP contribution in [0.1, 0.15) is 5.56 Å². The molecular formula is C12H13NO3. The van der Waals surface area contributed by atoms with E-state index in [1.54, 1.807) is 23.1 Å². The number of hydrogen-bond acceptors (Lipinski definition) is 3. The number of nitrogens with zero attached hydrogens (tertiary/aromatic N) is 1. The lowest BCUT2D eigenvalue weighted by Crippen LogP contribution is -2.29. The van der Waals surface area contributed by atoms with Crippen LogP contribution in [0.5, 0.6) is 5.75 Å². The van der Waals surface area contributed by atoms with Gasteiger partial charge in [0, 0.05) is 6.54 Å². The van der Waals surface area contributed by atoms with Gasteiger partial charge in [0.1, 0.15) is 12.4 Å². The summed E-state index contributed by atoms with van der Waals surface area (Å²) >= 11 is 0. The highest BCUT2D eigenvalue weighted by molar-refractivity contribution is 5.90. The van der Waals surface area contributed by atoms with Crippen LogP contribution in [0.4, 0.5) is 10.5 Å². The zero-order valence-corrected chi connectivity index (χ0v) is 8.85. The van der Waals surface area contributed by atoms with Gasteiger partial charge in [-0.3, -0.25) is 4.90 Å². The van der Waals surface area contributed by atoms with Gasteiger partial charge >= 0.3 is 6.09 Å². The van der Waals surface area contributed by atoms with Crippen LogP contribution >= 0.6 is 0 Å². The van der Waals surface area contributed by atoms with Crippen LogP contribution in [-0.2, 0) is 11.2 Å². The first-order chi connectivity index (χ1) is 7.72. The maximum atomic E-state index is 11.6. The minimum atomic E-state index is -0.371. The molecule has 84 valence electrons. The number of aromatic hydroxyl groups is 1. The first-order valence-corrected chi connectivity index (χ1v) is 5.09. The lowest BCUT2D eigenvalue weighted by molar-refractivity contribution is 0.166. The standard InChI is InChI=1S/C12H13NO3/c1-2-7-16-12(15)13-6-5-9-8-10(14)3-4-11(9)13/h2-4,8,14H,1,5-7H2. The highest BCUT2D eigenvalue weighted by atomic mass is 16.6. The van der Waals surface area contributed by atoms with Gasteiger partial charge in [-0.15, -0.1) is 0 Å². The molecule has 1 aromatic rings. The van der Waals surface area contributed by atoms with E-state index in [0.717, 1.165) is 17.7 Å². The van der Waals surface area contributed by atoms with Gasteiger partial charge in [0.25, 0.3) is 0 Å². The molecule has 1 amide bonds. The van der Waals surface area contributed by atoms with Crippen LogP contribution in [0, 0.1) is 0 Å². The van der Waals surface area contributed by atoms with E-state index < -0.39 is 0 Å². The molecule has 2 rings (SSSR count). The number of phenols is 1. The number of benzene rings is 1. The molecule has 0 fully saturated rings. The fourth-order valence-corrected chi connectivity index (χ4v) is 1.79. The third-order valence-corrected chi connectivity index (χ3v) is 2.50. The summed E-state index contributed by atoms with van der Waals surface area (Å²) in [5.41, 5.74) is 1.78. The second kappa shape index (κ2) is 4.26. The van der Waals surface area contributed by atoms with E-state index in [1.807, 2.05) is 0 Å². The molecule has 1 heterocycles. The van der Waals surface area contributed by atoms with Crippen molar-refractivity contribution >= 4 is 11.8 Å². The summed E-state index contributed by atoms with van der Waals surface area (Å²) in [4.78, 5) is 13.2. The first kappa shape index (κ1) is 10.5. The quantitative estimate of drug-likeness (QED) is 0.775. The molecule has 0 saturated heterocycles. The van der Waals surface area contributed by atoms with Crippen LogP contribution in [0.25, 0.3) is 0 Å². The highest BCUT2D eigenvalue weighted by Gasteiger charge is 2.25. The van der Waals surface area contributed by atoms with Crippen LogP contribution < -0.4 is 4.90 Å². The molecule has 0 spiro atoms. The summed E-state index contributed by atoms with van der Waals surface area (Å²) in [7, 11) is 0. The molecular weight excluding hydrogens is 206 g/mol. The minimum absolute atomic E-state index is 0.211. The first-order valence-electron chi connectivity index (χ1n) is 5.09. The molecule has 0 atom stereocenters. The topological polar surface area (TPSA) is 49.8 Å². The second-order valence-corrected chi connectivity index (χ2v) is 3.58. The predicted molar refractivity (Wildman–Crippen MR) is 60.7 cm³/mol. The van der Waals surface area contributed by atoms with Crippen LogP contribution in [0.15, 0.2) is 30.9 Å². The van der Waals surface area contributed by atoms with Crippen molar-refractivity contribution in [1.29, 1.82) is 0 Å². The molecule has 16 heavy (non-hydrogen) atoms. The zero-order chi connectivity index (χ0) is 11.5. The summed E-state index contributed by atoms with van der Waals surface area (Å²) in [5.74, 6) is 0.222. The van der Waals surface area contributed by atoms with Gasteiger partial charge in [-0.2, -0.15) is 0 Å². The van der Waals surface area contributed by atoms with Crippen molar-refractivity contribution < 1.29 is 14.6 Å². The van der Waals surface area contributed by atoms with Gasteiger partial charge in [0.15, 0.2) is 0 Å². The van der Waals surface area contributed by atoms with Crippen molar-refractivity contribution in [2.75, 3.05) is 18.1 Å². The van der Waals surface area contributed by atoms with Crippen molar-refractivity contribution in [2.45, 2.75) is 6.42 Å². The number of carbonyl (C=O) groups excluding carboxylic acids is 1. The Labute approximate surface area is 93.8 Å². The Morgan fingerprint density at radius 3 is 3.19 bits per heavy atom. The summed E-state index contributed by atoms with van der Waals surface area (Å²) in [5, 5.41) is 9.31. The van der Waals surface area contributed by atoms with Gasteiger partial charge in [0.05, 0.1) is 5.69 Å². The van der Waals surface area contributed by atoms with E-state index in [4.69, 9.17) is 4.74 Å². The third kappa shape index (κ3) is 1.86. The van der Waals surface area contributed by atoms with Crippen molar-refractivity contribution in [3.05, 3.63) is 36.4 Å². The van der Waals surface area contributed by atoms with Gasteiger partial charge in [-0.1, -0.05) is 12.7 Å². The summed E-state index contributed by atoms with van der Waals surface area (Å²) in [6.07, 6.45) is 1.91. The molecule has 1 N–H and O–H groups in total. The van der Waals surface area contributed by atoms with Crippen LogP contribution in [0.2, 0.25) is 0 Å². The maximum Gasteiger partial charge on any atom is 0.414 e. The van der Waals surface area contributed by atoms with E-state index in [2.05, 4.69) is 6.58 Å². The summed E-state index contributed by atoms with van der Waals surface area (Å²) in [6.45, 7) is 4.29. The monoisotopic (exact) mass is 219 g/mol. The maximum absolute atomic E-state index is 11.6. The van der Waals surface area contributed by atoms with Gasteiger partial charge in [-0.25, -0.2) is 4.79 Å².